The van der Waals surface area contributed by atoms with Crippen LogP contribution in [0.15, 0.2) is 0 Å². The lowest BCUT2D eigenvalue weighted by Gasteiger charge is -2.38. The van der Waals surface area contributed by atoms with Crippen LogP contribution in [0.4, 0.5) is 0 Å². The lowest BCUT2D eigenvalue weighted by molar-refractivity contribution is -0.127. The molecule has 2 fully saturated rings. The predicted octanol–water partition coefficient (Wildman–Crippen LogP) is 2.33. The van der Waals surface area contributed by atoms with Crippen LogP contribution in [0.3, 0.4) is 0 Å². The van der Waals surface area contributed by atoms with E-state index in [-0.39, 0.29) is 12.0 Å². The molecular formula is C16H29NO2. The first-order chi connectivity index (χ1) is 8.97. The SMILES string of the molecule is CC(C)C1CCC(=O)C(CN2CCC(C)C(O)C2)C1. The Balaban J connectivity index is 1.88. The molecule has 0 aromatic heterocycles. The maximum atomic E-state index is 12.1. The smallest absolute Gasteiger partial charge is 0.137 e. The van der Waals surface area contributed by atoms with Crippen molar-refractivity contribution in [1.82, 2.24) is 4.90 Å². The van der Waals surface area contributed by atoms with Gasteiger partial charge in [-0.3, -0.25) is 4.79 Å². The minimum Gasteiger partial charge on any atom is -0.392 e. The molecule has 1 aliphatic heterocycles. The summed E-state index contributed by atoms with van der Waals surface area (Å²) in [6.07, 6.45) is 3.73. The van der Waals surface area contributed by atoms with Gasteiger partial charge in [-0.25, -0.2) is 0 Å². The summed E-state index contributed by atoms with van der Waals surface area (Å²) in [6, 6.07) is 0. The van der Waals surface area contributed by atoms with Gasteiger partial charge in [-0.05, 0) is 43.6 Å². The van der Waals surface area contributed by atoms with Crippen LogP contribution in [0.1, 0.15) is 46.5 Å². The van der Waals surface area contributed by atoms with Crippen LogP contribution in [-0.4, -0.2) is 41.5 Å². The van der Waals surface area contributed by atoms with E-state index in [9.17, 15) is 9.90 Å². The number of β-amino-alcohol motifs (C(OH)–C–C–N with tert-alkyl or cyclic N) is 1. The van der Waals surface area contributed by atoms with E-state index in [1.807, 2.05) is 0 Å². The number of aliphatic hydroxyl groups excluding tert-OH is 1. The number of hydrogen-bond donors (Lipinski definition) is 1. The largest absolute Gasteiger partial charge is 0.392 e. The highest BCUT2D eigenvalue weighted by Gasteiger charge is 2.33. The first-order valence-corrected chi connectivity index (χ1v) is 7.90. The molecule has 0 amide bonds. The Bertz CT molecular complexity index is 316. The molecule has 4 unspecified atom stereocenters. The third-order valence-electron chi connectivity index (χ3n) is 5.23. The lowest BCUT2D eigenvalue weighted by Crippen LogP contribution is -2.46. The van der Waals surface area contributed by atoms with Crippen molar-refractivity contribution < 1.29 is 9.90 Å². The number of aliphatic hydroxyl groups is 1. The van der Waals surface area contributed by atoms with E-state index in [0.717, 1.165) is 45.3 Å². The van der Waals surface area contributed by atoms with E-state index in [1.54, 1.807) is 0 Å². The highest BCUT2D eigenvalue weighted by molar-refractivity contribution is 5.82. The number of carbonyl (C=O) groups is 1. The van der Waals surface area contributed by atoms with Gasteiger partial charge < -0.3 is 10.0 Å². The molecule has 3 nitrogen and oxygen atoms in total. The average molecular weight is 267 g/mol. The predicted molar refractivity (Wildman–Crippen MR) is 76.9 cm³/mol. The normalized spacial score (nSPS) is 37.8. The highest BCUT2D eigenvalue weighted by atomic mass is 16.3. The standard InChI is InChI=1S/C16H29NO2/c1-11(2)13-4-5-15(18)14(8-13)9-17-7-6-12(3)16(19)10-17/h11-14,16,19H,4-10H2,1-3H3. The zero-order chi connectivity index (χ0) is 14.0. The van der Waals surface area contributed by atoms with Gasteiger partial charge in [0.2, 0.25) is 0 Å². The van der Waals surface area contributed by atoms with Gasteiger partial charge in [0.25, 0.3) is 0 Å². The molecule has 1 heterocycles. The topological polar surface area (TPSA) is 40.5 Å². The third kappa shape index (κ3) is 3.79. The maximum absolute atomic E-state index is 12.1. The summed E-state index contributed by atoms with van der Waals surface area (Å²) in [5, 5.41) is 9.96. The number of nitrogens with zero attached hydrogens (tertiary/aromatic N) is 1. The van der Waals surface area contributed by atoms with Crippen molar-refractivity contribution in [3.63, 3.8) is 0 Å². The number of likely N-dealkylation sites (tertiary alicyclic amines) is 1. The minimum absolute atomic E-state index is 0.210. The van der Waals surface area contributed by atoms with Crippen LogP contribution < -0.4 is 0 Å². The molecule has 0 aromatic rings. The summed E-state index contributed by atoms with van der Waals surface area (Å²) in [6.45, 7) is 9.30. The Morgan fingerprint density at radius 2 is 2.11 bits per heavy atom. The second kappa shape index (κ2) is 6.36. The molecule has 0 radical (unpaired) electrons. The fourth-order valence-corrected chi connectivity index (χ4v) is 3.52. The fourth-order valence-electron chi connectivity index (χ4n) is 3.52. The van der Waals surface area contributed by atoms with Gasteiger partial charge in [0.05, 0.1) is 6.10 Å². The van der Waals surface area contributed by atoms with Crippen LogP contribution in [0.25, 0.3) is 0 Å². The van der Waals surface area contributed by atoms with Gasteiger partial charge in [0.1, 0.15) is 5.78 Å². The van der Waals surface area contributed by atoms with Crippen LogP contribution in [-0.2, 0) is 4.79 Å². The van der Waals surface area contributed by atoms with E-state index in [1.165, 1.54) is 0 Å². The van der Waals surface area contributed by atoms with Crippen molar-refractivity contribution in [2.45, 2.75) is 52.6 Å². The van der Waals surface area contributed by atoms with Crippen molar-refractivity contribution in [2.75, 3.05) is 19.6 Å². The number of piperidine rings is 1. The highest BCUT2D eigenvalue weighted by Crippen LogP contribution is 2.32. The summed E-state index contributed by atoms with van der Waals surface area (Å²) < 4.78 is 0. The molecule has 1 saturated heterocycles. The van der Waals surface area contributed by atoms with Crippen molar-refractivity contribution in [3.05, 3.63) is 0 Å². The van der Waals surface area contributed by atoms with Gasteiger partial charge >= 0.3 is 0 Å². The molecule has 0 aromatic carbocycles. The lowest BCUT2D eigenvalue weighted by atomic mass is 9.75. The Morgan fingerprint density at radius 1 is 1.37 bits per heavy atom. The first-order valence-electron chi connectivity index (χ1n) is 7.90. The Kier molecular flexibility index (Phi) is 5.02. The minimum atomic E-state index is -0.215. The van der Waals surface area contributed by atoms with Crippen molar-refractivity contribution in [3.8, 4) is 0 Å². The molecule has 3 heteroatoms. The Labute approximate surface area is 117 Å². The number of rotatable bonds is 3. The Morgan fingerprint density at radius 3 is 2.74 bits per heavy atom. The fraction of sp³-hybridized carbons (Fsp3) is 0.938. The summed E-state index contributed by atoms with van der Waals surface area (Å²) in [5.74, 6) is 2.45. The van der Waals surface area contributed by atoms with Crippen molar-refractivity contribution in [1.29, 1.82) is 0 Å². The zero-order valence-electron chi connectivity index (χ0n) is 12.6. The van der Waals surface area contributed by atoms with Crippen LogP contribution in [0, 0.1) is 23.7 Å². The summed E-state index contributed by atoms with van der Waals surface area (Å²) in [5.41, 5.74) is 0. The summed E-state index contributed by atoms with van der Waals surface area (Å²) >= 11 is 0. The van der Waals surface area contributed by atoms with Crippen LogP contribution >= 0.6 is 0 Å². The summed E-state index contributed by atoms with van der Waals surface area (Å²) in [7, 11) is 0. The van der Waals surface area contributed by atoms with Gasteiger partial charge in [0.15, 0.2) is 0 Å². The quantitative estimate of drug-likeness (QED) is 0.853. The molecule has 19 heavy (non-hydrogen) atoms. The van der Waals surface area contributed by atoms with E-state index in [0.29, 0.717) is 23.5 Å². The second-order valence-electron chi connectivity index (χ2n) is 7.03. The van der Waals surface area contributed by atoms with Crippen molar-refractivity contribution in [2.24, 2.45) is 23.7 Å². The third-order valence-corrected chi connectivity index (χ3v) is 5.23. The first kappa shape index (κ1) is 15.0. The number of hydrogen-bond acceptors (Lipinski definition) is 3. The average Bonchev–Trinajstić information content (AvgIpc) is 2.36. The number of carbonyl (C=O) groups excluding carboxylic acids is 1. The Hall–Kier alpha value is -0.410. The van der Waals surface area contributed by atoms with E-state index in [4.69, 9.17) is 0 Å². The maximum Gasteiger partial charge on any atom is 0.137 e. The molecular weight excluding hydrogens is 238 g/mol. The molecule has 1 N–H and O–H groups in total. The summed E-state index contributed by atoms with van der Waals surface area (Å²) in [4.78, 5) is 14.4. The van der Waals surface area contributed by atoms with Crippen LogP contribution in [0.5, 0.6) is 0 Å². The van der Waals surface area contributed by atoms with Gasteiger partial charge in [-0.15, -0.1) is 0 Å². The molecule has 1 saturated carbocycles. The monoisotopic (exact) mass is 267 g/mol. The molecule has 1 aliphatic carbocycles. The van der Waals surface area contributed by atoms with Crippen molar-refractivity contribution >= 4 is 5.78 Å². The molecule has 2 rings (SSSR count). The second-order valence-corrected chi connectivity index (χ2v) is 7.03. The van der Waals surface area contributed by atoms with Gasteiger partial charge in [-0.1, -0.05) is 20.8 Å². The van der Waals surface area contributed by atoms with E-state index < -0.39 is 0 Å². The molecule has 2 aliphatic rings. The molecule has 4 atom stereocenters. The molecule has 0 spiro atoms. The molecule has 0 bridgehead atoms. The van der Waals surface area contributed by atoms with E-state index >= 15 is 0 Å². The number of Topliss-reactive ketones (excluding diaryl/α,β-unsaturated/α-hetero) is 1. The zero-order valence-corrected chi connectivity index (χ0v) is 12.6. The van der Waals surface area contributed by atoms with Gasteiger partial charge in [0, 0.05) is 25.4 Å². The molecule has 110 valence electrons. The van der Waals surface area contributed by atoms with Crippen LogP contribution in [0.2, 0.25) is 0 Å². The number of ketones is 1. The van der Waals surface area contributed by atoms with E-state index in [2.05, 4.69) is 25.7 Å². The van der Waals surface area contributed by atoms with Gasteiger partial charge in [-0.2, -0.15) is 0 Å².